The van der Waals surface area contributed by atoms with Crippen LogP contribution in [0.3, 0.4) is 0 Å². The third-order valence-electron chi connectivity index (χ3n) is 7.08. The Morgan fingerprint density at radius 1 is 1.16 bits per heavy atom. The van der Waals surface area contributed by atoms with E-state index in [1.807, 2.05) is 0 Å². The van der Waals surface area contributed by atoms with Gasteiger partial charge in [0.25, 0.3) is 6.29 Å². The van der Waals surface area contributed by atoms with Crippen molar-refractivity contribution in [2.24, 2.45) is 5.92 Å². The van der Waals surface area contributed by atoms with Gasteiger partial charge in [0.15, 0.2) is 0 Å². The van der Waals surface area contributed by atoms with E-state index in [4.69, 9.17) is 9.47 Å². The quantitative estimate of drug-likeness (QED) is 0.434. The zero-order valence-corrected chi connectivity index (χ0v) is 20.5. The molecule has 0 bridgehead atoms. The summed E-state index contributed by atoms with van der Waals surface area (Å²) in [7, 11) is 0. The molecule has 0 saturated heterocycles. The number of nitrogens with zero attached hydrogens (tertiary/aromatic N) is 2. The number of carbonyl (C=O) groups excluding carboxylic acids is 1. The van der Waals surface area contributed by atoms with E-state index >= 15 is 0 Å². The van der Waals surface area contributed by atoms with Crippen LogP contribution in [0, 0.1) is 19.8 Å². The number of rotatable bonds is 9. The highest BCUT2D eigenvalue weighted by atomic mass is 19.4. The minimum Gasteiger partial charge on any atom is -0.455 e. The van der Waals surface area contributed by atoms with Crippen LogP contribution in [0.2, 0.25) is 0 Å². The lowest BCUT2D eigenvalue weighted by atomic mass is 9.93. The first-order valence-corrected chi connectivity index (χ1v) is 12.2. The van der Waals surface area contributed by atoms with E-state index in [-0.39, 0.29) is 23.8 Å². The van der Waals surface area contributed by atoms with Gasteiger partial charge in [-0.05, 0) is 62.6 Å². The van der Waals surface area contributed by atoms with Crippen LogP contribution in [0.5, 0.6) is 0 Å². The van der Waals surface area contributed by atoms with Crippen molar-refractivity contribution in [2.45, 2.75) is 70.0 Å². The zero-order chi connectivity index (χ0) is 26.4. The summed E-state index contributed by atoms with van der Waals surface area (Å²) in [5.74, 6) is 0.407. The lowest BCUT2D eigenvalue weighted by Gasteiger charge is -2.26. The van der Waals surface area contributed by atoms with Gasteiger partial charge in [0, 0.05) is 0 Å². The number of halogens is 4. The number of hydrogen-bond acceptors (Lipinski definition) is 6. The number of benzene rings is 1. The molecule has 0 spiro atoms. The van der Waals surface area contributed by atoms with Crippen molar-refractivity contribution < 1.29 is 31.8 Å². The highest BCUT2D eigenvalue weighted by molar-refractivity contribution is 5.80. The Balaban J connectivity index is 1.51. The minimum atomic E-state index is -4.47. The molecule has 1 aromatic heterocycles. The van der Waals surface area contributed by atoms with E-state index in [0.717, 1.165) is 18.9 Å². The molecular formula is C26H28F4N4O3. The summed E-state index contributed by atoms with van der Waals surface area (Å²) in [6, 6.07) is 3.73. The Morgan fingerprint density at radius 2 is 1.86 bits per heavy atom. The number of anilines is 1. The average molecular weight is 521 g/mol. The molecule has 2 fully saturated rings. The van der Waals surface area contributed by atoms with Gasteiger partial charge in [-0.15, -0.1) is 0 Å². The maximum absolute atomic E-state index is 13.6. The first-order valence-electron chi connectivity index (χ1n) is 12.2. The summed E-state index contributed by atoms with van der Waals surface area (Å²) in [6.07, 6.45) is 0.00813. The third kappa shape index (κ3) is 5.35. The van der Waals surface area contributed by atoms with Gasteiger partial charge >= 0.3 is 6.18 Å². The SMILES string of the molecule is Cc1nc(CC(=O)NC2(CF)CC2)c(C2OC=CO2)c(N[C@@H](c2cccc(C(F)(F)F)c2C)C2CC2)n1. The molecule has 0 unspecified atom stereocenters. The standard InChI is InChI=1S/C26H28F4N4O3/c1-14-17(4-3-5-18(14)26(28,29)30)22(16-6-7-16)33-23-21(24-36-10-11-37-24)19(31-15(2)32-23)12-20(35)34-25(13-27)8-9-25/h3-5,10-11,16,22,24H,6-9,12-13H2,1-2H3,(H,34,35)(H,31,32,33)/t22-/m1/s1. The molecule has 1 amide bonds. The lowest BCUT2D eigenvalue weighted by molar-refractivity contribution is -0.138. The number of ether oxygens (including phenoxy) is 2. The van der Waals surface area contributed by atoms with Gasteiger partial charge < -0.3 is 20.1 Å². The number of alkyl halides is 4. The summed E-state index contributed by atoms with van der Waals surface area (Å²) in [5, 5.41) is 6.10. The average Bonchev–Trinajstić information content (AvgIpc) is 3.75. The van der Waals surface area contributed by atoms with Crippen LogP contribution < -0.4 is 10.6 Å². The van der Waals surface area contributed by atoms with Crippen molar-refractivity contribution in [3.63, 3.8) is 0 Å². The molecule has 2 aliphatic carbocycles. The van der Waals surface area contributed by atoms with Crippen LogP contribution in [-0.2, 0) is 26.9 Å². The van der Waals surface area contributed by atoms with Gasteiger partial charge in [-0.25, -0.2) is 14.4 Å². The maximum Gasteiger partial charge on any atom is 0.416 e. The lowest BCUT2D eigenvalue weighted by Crippen LogP contribution is -2.39. The van der Waals surface area contributed by atoms with Gasteiger partial charge in [0.05, 0.1) is 34.8 Å². The van der Waals surface area contributed by atoms with Crippen molar-refractivity contribution in [3.8, 4) is 0 Å². The molecule has 1 aromatic carbocycles. The fourth-order valence-corrected chi connectivity index (χ4v) is 4.77. The Hall–Kier alpha value is -3.37. The Labute approximate surface area is 211 Å². The first kappa shape index (κ1) is 25.3. The Bertz CT molecular complexity index is 1220. The number of aryl methyl sites for hydroxylation is 1. The molecule has 5 rings (SSSR count). The summed E-state index contributed by atoms with van der Waals surface area (Å²) in [6.45, 7) is 2.50. The van der Waals surface area contributed by atoms with Gasteiger partial charge in [-0.1, -0.05) is 12.1 Å². The fourth-order valence-electron chi connectivity index (χ4n) is 4.77. The van der Waals surface area contributed by atoms with E-state index in [1.54, 1.807) is 13.0 Å². The summed E-state index contributed by atoms with van der Waals surface area (Å²) >= 11 is 0. The first-order chi connectivity index (χ1) is 17.6. The van der Waals surface area contributed by atoms with Crippen molar-refractivity contribution in [3.05, 3.63) is 64.5 Å². The van der Waals surface area contributed by atoms with E-state index in [2.05, 4.69) is 20.6 Å². The second-order valence-electron chi connectivity index (χ2n) is 9.97. The highest BCUT2D eigenvalue weighted by Gasteiger charge is 2.44. The second-order valence-corrected chi connectivity index (χ2v) is 9.97. The van der Waals surface area contributed by atoms with Gasteiger partial charge in [0.1, 0.15) is 30.8 Å². The van der Waals surface area contributed by atoms with Gasteiger partial charge in [0.2, 0.25) is 5.91 Å². The molecule has 37 heavy (non-hydrogen) atoms. The van der Waals surface area contributed by atoms with Crippen molar-refractivity contribution in [1.29, 1.82) is 0 Å². The predicted molar refractivity (Wildman–Crippen MR) is 126 cm³/mol. The summed E-state index contributed by atoms with van der Waals surface area (Å²) in [4.78, 5) is 21.8. The summed E-state index contributed by atoms with van der Waals surface area (Å²) < 4.78 is 65.4. The molecular weight excluding hydrogens is 492 g/mol. The second kappa shape index (κ2) is 9.50. The molecule has 2 aromatic rings. The monoisotopic (exact) mass is 520 g/mol. The minimum absolute atomic E-state index is 0.111. The van der Waals surface area contributed by atoms with E-state index in [9.17, 15) is 22.4 Å². The smallest absolute Gasteiger partial charge is 0.416 e. The largest absolute Gasteiger partial charge is 0.455 e. The van der Waals surface area contributed by atoms with E-state index < -0.39 is 36.3 Å². The summed E-state index contributed by atoms with van der Waals surface area (Å²) in [5.41, 5.74) is -0.0775. The molecule has 0 radical (unpaired) electrons. The zero-order valence-electron chi connectivity index (χ0n) is 20.5. The number of aromatic nitrogens is 2. The van der Waals surface area contributed by atoms with Crippen molar-refractivity contribution >= 4 is 11.7 Å². The molecule has 2 heterocycles. The molecule has 11 heteroatoms. The molecule has 1 aliphatic heterocycles. The molecule has 2 saturated carbocycles. The maximum atomic E-state index is 13.6. The van der Waals surface area contributed by atoms with Crippen LogP contribution in [0.4, 0.5) is 23.4 Å². The molecule has 1 atom stereocenters. The van der Waals surface area contributed by atoms with Crippen molar-refractivity contribution in [1.82, 2.24) is 15.3 Å². The van der Waals surface area contributed by atoms with Crippen LogP contribution in [0.25, 0.3) is 0 Å². The molecule has 198 valence electrons. The number of hydrogen-bond donors (Lipinski definition) is 2. The molecule has 3 aliphatic rings. The van der Waals surface area contributed by atoms with Crippen LogP contribution in [-0.4, -0.2) is 28.1 Å². The van der Waals surface area contributed by atoms with Gasteiger partial charge in [-0.2, -0.15) is 13.2 Å². The van der Waals surface area contributed by atoms with E-state index in [0.29, 0.717) is 41.3 Å². The molecule has 7 nitrogen and oxygen atoms in total. The Morgan fingerprint density at radius 3 is 2.46 bits per heavy atom. The predicted octanol–water partition coefficient (Wildman–Crippen LogP) is 5.35. The topological polar surface area (TPSA) is 85.4 Å². The van der Waals surface area contributed by atoms with Crippen LogP contribution >= 0.6 is 0 Å². The van der Waals surface area contributed by atoms with Crippen LogP contribution in [0.1, 0.15) is 71.8 Å². The van der Waals surface area contributed by atoms with Crippen LogP contribution in [0.15, 0.2) is 30.7 Å². The number of nitrogens with one attached hydrogen (secondary N) is 2. The number of carbonyl (C=O) groups is 1. The third-order valence-corrected chi connectivity index (χ3v) is 7.08. The Kier molecular flexibility index (Phi) is 6.49. The molecule has 2 N–H and O–H groups in total. The van der Waals surface area contributed by atoms with Crippen molar-refractivity contribution in [2.75, 3.05) is 12.0 Å². The number of amides is 1. The normalized spacial score (nSPS) is 19.2. The highest BCUT2D eigenvalue weighted by Crippen LogP contribution is 2.46. The van der Waals surface area contributed by atoms with Gasteiger partial charge in [-0.3, -0.25) is 4.79 Å². The fraction of sp³-hybridized carbons (Fsp3) is 0.500. The van der Waals surface area contributed by atoms with E-state index in [1.165, 1.54) is 25.5 Å².